The first-order chi connectivity index (χ1) is 18.5. The average Bonchev–Trinajstić information content (AvgIpc) is 3.34. The molecule has 1 atom stereocenters. The lowest BCUT2D eigenvalue weighted by Crippen LogP contribution is -2.43. The summed E-state index contributed by atoms with van der Waals surface area (Å²) in [6.45, 7) is 1.21. The Hall–Kier alpha value is -4.55. The van der Waals surface area contributed by atoms with Crippen LogP contribution in [0, 0.1) is 0 Å². The van der Waals surface area contributed by atoms with E-state index >= 15 is 0 Å². The summed E-state index contributed by atoms with van der Waals surface area (Å²) in [4.78, 5) is 35.3. The van der Waals surface area contributed by atoms with Gasteiger partial charge in [-0.15, -0.1) is 0 Å². The Balaban J connectivity index is 1.43. The quantitative estimate of drug-likeness (QED) is 0.377. The number of fused-ring (bicyclic) bond motifs is 1. The van der Waals surface area contributed by atoms with Crippen molar-refractivity contribution >= 4 is 34.4 Å². The highest BCUT2D eigenvalue weighted by atomic mass is 16.5. The lowest BCUT2D eigenvalue weighted by atomic mass is 10.1. The van der Waals surface area contributed by atoms with Crippen LogP contribution < -0.4 is 15.8 Å². The lowest BCUT2D eigenvalue weighted by Gasteiger charge is -2.32. The molecule has 12 nitrogen and oxygen atoms in total. The molecule has 0 spiro atoms. The number of nitrogens with two attached hydrogens (primary N) is 1. The van der Waals surface area contributed by atoms with E-state index in [9.17, 15) is 9.59 Å². The second-order valence-corrected chi connectivity index (χ2v) is 8.60. The summed E-state index contributed by atoms with van der Waals surface area (Å²) in [6.07, 6.45) is 2.72. The van der Waals surface area contributed by atoms with Crippen molar-refractivity contribution in [2.45, 2.75) is 6.10 Å². The van der Waals surface area contributed by atoms with Crippen LogP contribution in [0.4, 0.5) is 11.6 Å². The van der Waals surface area contributed by atoms with Crippen molar-refractivity contribution in [2.24, 2.45) is 0 Å². The van der Waals surface area contributed by atoms with Crippen LogP contribution in [0.25, 0.3) is 16.6 Å². The zero-order valence-corrected chi connectivity index (χ0v) is 21.0. The van der Waals surface area contributed by atoms with Gasteiger partial charge in [-0.05, 0) is 36.4 Å². The molecule has 12 heteroatoms. The monoisotopic (exact) mass is 517 g/mol. The van der Waals surface area contributed by atoms with E-state index in [0.29, 0.717) is 59.5 Å². The Kier molecular flexibility index (Phi) is 7.15. The minimum Gasteiger partial charge on any atom is -0.497 e. The molecule has 1 unspecified atom stereocenters. The van der Waals surface area contributed by atoms with Gasteiger partial charge in [0.25, 0.3) is 5.91 Å². The number of amides is 2. The molecule has 1 saturated heterocycles. The largest absolute Gasteiger partial charge is 0.497 e. The Morgan fingerprint density at radius 1 is 1.13 bits per heavy atom. The Morgan fingerprint density at radius 2 is 1.92 bits per heavy atom. The van der Waals surface area contributed by atoms with Crippen LogP contribution in [-0.2, 0) is 14.3 Å². The third-order valence-corrected chi connectivity index (χ3v) is 6.22. The van der Waals surface area contributed by atoms with Crippen molar-refractivity contribution in [3.63, 3.8) is 0 Å². The molecule has 2 amide bonds. The normalized spacial score (nSPS) is 15.4. The molecule has 5 rings (SSSR count). The van der Waals surface area contributed by atoms with E-state index in [0.717, 1.165) is 5.39 Å². The molecule has 3 aromatic heterocycles. The number of hydrogen-bond donors (Lipinski definition) is 2. The summed E-state index contributed by atoms with van der Waals surface area (Å²) >= 11 is 0. The lowest BCUT2D eigenvalue weighted by molar-refractivity contribution is -0.143. The molecular weight excluding hydrogens is 490 g/mol. The number of pyridine rings is 2. The number of ether oxygens (including phenoxy) is 3. The van der Waals surface area contributed by atoms with Gasteiger partial charge in [0.1, 0.15) is 41.3 Å². The first kappa shape index (κ1) is 25.1. The van der Waals surface area contributed by atoms with Gasteiger partial charge >= 0.3 is 0 Å². The van der Waals surface area contributed by atoms with Gasteiger partial charge in [0, 0.05) is 43.1 Å². The highest BCUT2D eigenvalue weighted by Crippen LogP contribution is 2.32. The zero-order chi connectivity index (χ0) is 26.6. The molecular formula is C26H27N7O5. The van der Waals surface area contributed by atoms with Gasteiger partial charge < -0.3 is 30.2 Å². The Morgan fingerprint density at radius 3 is 2.68 bits per heavy atom. The fourth-order valence-electron chi connectivity index (χ4n) is 4.34. The molecule has 1 fully saturated rings. The van der Waals surface area contributed by atoms with E-state index < -0.39 is 6.10 Å². The number of nitrogens with zero attached hydrogens (tertiary/aromatic N) is 5. The van der Waals surface area contributed by atoms with Crippen LogP contribution in [0.2, 0.25) is 0 Å². The van der Waals surface area contributed by atoms with Crippen LogP contribution >= 0.6 is 0 Å². The fraction of sp³-hybridized carbons (Fsp3) is 0.269. The highest BCUT2D eigenvalue weighted by Gasteiger charge is 2.30. The van der Waals surface area contributed by atoms with Gasteiger partial charge in [-0.2, -0.15) is 5.10 Å². The van der Waals surface area contributed by atoms with E-state index in [1.807, 2.05) is 6.07 Å². The fourth-order valence-corrected chi connectivity index (χ4v) is 4.34. The van der Waals surface area contributed by atoms with Crippen molar-refractivity contribution in [3.05, 3.63) is 66.1 Å². The molecule has 38 heavy (non-hydrogen) atoms. The van der Waals surface area contributed by atoms with Crippen molar-refractivity contribution in [1.29, 1.82) is 0 Å². The summed E-state index contributed by atoms with van der Waals surface area (Å²) in [6, 6.07) is 12.1. The summed E-state index contributed by atoms with van der Waals surface area (Å²) in [7, 11) is 3.04. The van der Waals surface area contributed by atoms with Gasteiger partial charge in [-0.25, -0.2) is 14.6 Å². The van der Waals surface area contributed by atoms with Crippen LogP contribution in [0.1, 0.15) is 22.2 Å². The van der Waals surface area contributed by atoms with Gasteiger partial charge in [-0.1, -0.05) is 0 Å². The van der Waals surface area contributed by atoms with Gasteiger partial charge in [0.2, 0.25) is 5.91 Å². The Labute approximate surface area is 218 Å². The third kappa shape index (κ3) is 4.99. The van der Waals surface area contributed by atoms with E-state index in [2.05, 4.69) is 15.3 Å². The number of nitrogens with one attached hydrogen (secondary N) is 1. The van der Waals surface area contributed by atoms with Gasteiger partial charge in [0.15, 0.2) is 0 Å². The maximum atomic E-state index is 12.8. The van der Waals surface area contributed by atoms with Gasteiger partial charge in [0.05, 0.1) is 25.9 Å². The molecule has 1 aromatic carbocycles. The predicted molar refractivity (Wildman–Crippen MR) is 139 cm³/mol. The topological polar surface area (TPSA) is 147 Å². The van der Waals surface area contributed by atoms with E-state index in [4.69, 9.17) is 25.0 Å². The molecule has 1 aliphatic rings. The van der Waals surface area contributed by atoms with Crippen molar-refractivity contribution < 1.29 is 23.8 Å². The predicted octanol–water partition coefficient (Wildman–Crippen LogP) is 2.20. The average molecular weight is 518 g/mol. The standard InChI is InChI=1S/C26H27N7O5/c1-36-15-22(34)32-11-12-38-20(14-32)23-19-8-10-29-25(27)24(19)33(31-23)17-5-3-16(4-6-17)26(35)30-21-13-18(37-2)7-9-28-21/h3-10,13,20H,11-12,14-15H2,1-2H3,(H2,27,29)(H,28,30,35). The summed E-state index contributed by atoms with van der Waals surface area (Å²) < 4.78 is 17.9. The number of rotatable bonds is 7. The van der Waals surface area contributed by atoms with E-state index in [1.54, 1.807) is 65.5 Å². The van der Waals surface area contributed by atoms with Crippen molar-refractivity contribution in [1.82, 2.24) is 24.6 Å². The number of carbonyl (C=O) groups excluding carboxylic acids is 2. The second kappa shape index (κ2) is 10.8. The number of aromatic nitrogens is 4. The summed E-state index contributed by atoms with van der Waals surface area (Å²) in [5, 5.41) is 8.36. The second-order valence-electron chi connectivity index (χ2n) is 8.60. The number of anilines is 2. The Bertz CT molecular complexity index is 1470. The van der Waals surface area contributed by atoms with Crippen LogP contribution in [0.15, 0.2) is 54.9 Å². The highest BCUT2D eigenvalue weighted by molar-refractivity contribution is 6.04. The zero-order valence-electron chi connectivity index (χ0n) is 21.0. The number of methoxy groups -OCH3 is 2. The molecule has 0 bridgehead atoms. The minimum atomic E-state index is -0.449. The first-order valence-corrected chi connectivity index (χ1v) is 11.9. The number of morpholine rings is 1. The molecule has 3 N–H and O–H groups in total. The minimum absolute atomic E-state index is 0.00653. The number of nitrogen functional groups attached to an aromatic ring is 1. The third-order valence-electron chi connectivity index (χ3n) is 6.22. The van der Waals surface area contributed by atoms with Crippen molar-refractivity contribution in [3.8, 4) is 11.4 Å². The maximum Gasteiger partial charge on any atom is 0.256 e. The van der Waals surface area contributed by atoms with Crippen LogP contribution in [-0.4, -0.2) is 77.0 Å². The van der Waals surface area contributed by atoms with Crippen molar-refractivity contribution in [2.75, 3.05) is 51.6 Å². The van der Waals surface area contributed by atoms with Crippen LogP contribution in [0.3, 0.4) is 0 Å². The number of hydrogen-bond acceptors (Lipinski definition) is 9. The maximum absolute atomic E-state index is 12.8. The van der Waals surface area contributed by atoms with Gasteiger partial charge in [-0.3, -0.25) is 9.59 Å². The molecule has 0 aliphatic carbocycles. The molecule has 0 saturated carbocycles. The summed E-state index contributed by atoms with van der Waals surface area (Å²) in [5.41, 5.74) is 8.64. The molecule has 4 aromatic rings. The molecule has 4 heterocycles. The van der Waals surface area contributed by atoms with E-state index in [-0.39, 0.29) is 18.4 Å². The number of carbonyl (C=O) groups is 2. The van der Waals surface area contributed by atoms with Crippen LogP contribution in [0.5, 0.6) is 5.75 Å². The smallest absolute Gasteiger partial charge is 0.256 e. The van der Waals surface area contributed by atoms with E-state index in [1.165, 1.54) is 7.11 Å². The first-order valence-electron chi connectivity index (χ1n) is 11.9. The summed E-state index contributed by atoms with van der Waals surface area (Å²) in [5.74, 6) is 0.844. The number of benzene rings is 1. The molecule has 0 radical (unpaired) electrons. The molecule has 1 aliphatic heterocycles. The molecule has 196 valence electrons. The SMILES string of the molecule is COCC(=O)N1CCOC(c2nn(-c3ccc(C(=O)Nc4cc(OC)ccn4)cc3)c3c(N)nccc23)C1.